The summed E-state index contributed by atoms with van der Waals surface area (Å²) in [6, 6.07) is 1.93. The molecule has 1 aliphatic rings. The van der Waals surface area contributed by atoms with Crippen LogP contribution in [0.2, 0.25) is 0 Å². The van der Waals surface area contributed by atoms with Crippen molar-refractivity contribution in [3.63, 3.8) is 0 Å². The van der Waals surface area contributed by atoms with Crippen molar-refractivity contribution in [3.05, 3.63) is 0 Å². The summed E-state index contributed by atoms with van der Waals surface area (Å²) in [5, 5.41) is 0. The van der Waals surface area contributed by atoms with E-state index in [1.165, 1.54) is 12.8 Å². The third-order valence-electron chi connectivity index (χ3n) is 2.65. The van der Waals surface area contributed by atoms with Gasteiger partial charge in [-0.05, 0) is 33.2 Å². The summed E-state index contributed by atoms with van der Waals surface area (Å²) in [5.41, 5.74) is 5.73. The molecule has 11 heavy (non-hydrogen) atoms. The van der Waals surface area contributed by atoms with E-state index in [2.05, 4.69) is 25.7 Å². The molecular weight excluding hydrogens is 136 g/mol. The van der Waals surface area contributed by atoms with Crippen LogP contribution in [0.25, 0.3) is 0 Å². The molecule has 0 saturated heterocycles. The van der Waals surface area contributed by atoms with E-state index in [1.54, 1.807) is 0 Å². The van der Waals surface area contributed by atoms with E-state index in [1.807, 2.05) is 0 Å². The van der Waals surface area contributed by atoms with E-state index in [9.17, 15) is 0 Å². The molecule has 1 saturated carbocycles. The lowest BCUT2D eigenvalue weighted by Crippen LogP contribution is -2.52. The van der Waals surface area contributed by atoms with Crippen molar-refractivity contribution in [1.29, 1.82) is 0 Å². The molecule has 2 nitrogen and oxygen atoms in total. The molecule has 0 radical (unpaired) electrons. The number of nitrogens with zero attached hydrogens (tertiary/aromatic N) is 1. The zero-order valence-corrected chi connectivity index (χ0v) is 7.88. The zero-order chi connectivity index (χ0) is 8.43. The van der Waals surface area contributed by atoms with Crippen molar-refractivity contribution >= 4 is 0 Å². The van der Waals surface area contributed by atoms with Gasteiger partial charge in [0.25, 0.3) is 0 Å². The van der Waals surface area contributed by atoms with Gasteiger partial charge in [0.2, 0.25) is 0 Å². The summed E-state index contributed by atoms with van der Waals surface area (Å²) in [6.45, 7) is 7.90. The minimum atomic E-state index is 0.479. The van der Waals surface area contributed by atoms with Gasteiger partial charge in [0.1, 0.15) is 0 Å². The molecule has 0 aliphatic heterocycles. The molecule has 1 fully saturated rings. The van der Waals surface area contributed by atoms with E-state index in [4.69, 9.17) is 5.73 Å². The van der Waals surface area contributed by atoms with Gasteiger partial charge in [-0.1, -0.05) is 6.92 Å². The van der Waals surface area contributed by atoms with Gasteiger partial charge >= 0.3 is 0 Å². The molecule has 1 aliphatic carbocycles. The molecule has 0 atom stereocenters. The Hall–Kier alpha value is -0.0800. The van der Waals surface area contributed by atoms with E-state index in [0.29, 0.717) is 12.1 Å². The molecule has 0 heterocycles. The van der Waals surface area contributed by atoms with Gasteiger partial charge in [0.05, 0.1) is 0 Å². The van der Waals surface area contributed by atoms with Gasteiger partial charge in [0.15, 0.2) is 0 Å². The molecule has 0 unspecified atom stereocenters. The molecule has 0 bridgehead atoms. The van der Waals surface area contributed by atoms with E-state index < -0.39 is 0 Å². The summed E-state index contributed by atoms with van der Waals surface area (Å²) in [5.74, 6) is 0. The van der Waals surface area contributed by atoms with Gasteiger partial charge in [-0.3, -0.25) is 4.90 Å². The highest BCUT2D eigenvalue weighted by molar-refractivity contribution is 4.90. The topological polar surface area (TPSA) is 29.3 Å². The lowest BCUT2D eigenvalue weighted by molar-refractivity contribution is 0.0866. The number of rotatable bonds is 3. The number of nitrogens with two attached hydrogens (primary N) is 1. The quantitative estimate of drug-likeness (QED) is 0.665. The van der Waals surface area contributed by atoms with E-state index in [0.717, 1.165) is 12.6 Å². The smallest absolute Gasteiger partial charge is 0.0127 e. The summed E-state index contributed by atoms with van der Waals surface area (Å²) in [6.07, 6.45) is 2.40. The van der Waals surface area contributed by atoms with Crippen molar-refractivity contribution in [2.75, 3.05) is 6.54 Å². The van der Waals surface area contributed by atoms with Crippen LogP contribution in [0.5, 0.6) is 0 Å². The van der Waals surface area contributed by atoms with Crippen molar-refractivity contribution < 1.29 is 0 Å². The van der Waals surface area contributed by atoms with Gasteiger partial charge in [-0.15, -0.1) is 0 Å². The van der Waals surface area contributed by atoms with Crippen LogP contribution in [0.1, 0.15) is 33.6 Å². The molecule has 2 N–H and O–H groups in total. The van der Waals surface area contributed by atoms with Crippen LogP contribution >= 0.6 is 0 Å². The Balaban J connectivity index is 2.32. The van der Waals surface area contributed by atoms with E-state index in [-0.39, 0.29) is 0 Å². The lowest BCUT2D eigenvalue weighted by Gasteiger charge is -2.43. The second-order valence-electron chi connectivity index (χ2n) is 3.81. The fourth-order valence-corrected chi connectivity index (χ4v) is 1.95. The monoisotopic (exact) mass is 156 g/mol. The molecule has 0 aromatic heterocycles. The summed E-state index contributed by atoms with van der Waals surface area (Å²) in [4.78, 5) is 2.53. The highest BCUT2D eigenvalue weighted by Gasteiger charge is 2.31. The normalized spacial score (nSPS) is 31.1. The molecule has 2 heteroatoms. The second kappa shape index (κ2) is 3.55. The second-order valence-corrected chi connectivity index (χ2v) is 3.81. The van der Waals surface area contributed by atoms with Crippen LogP contribution in [-0.4, -0.2) is 29.6 Å². The standard InChI is InChI=1S/C9H20N2/c1-4-11(7(2)3)9-5-8(10)6-9/h7-9H,4-6,10H2,1-3H3. The van der Waals surface area contributed by atoms with Crippen molar-refractivity contribution in [2.24, 2.45) is 5.73 Å². The van der Waals surface area contributed by atoms with E-state index >= 15 is 0 Å². The molecule has 1 rings (SSSR count). The van der Waals surface area contributed by atoms with Crippen LogP contribution < -0.4 is 5.73 Å². The number of hydrogen-bond donors (Lipinski definition) is 1. The van der Waals surface area contributed by atoms with Crippen LogP contribution in [0.15, 0.2) is 0 Å². The van der Waals surface area contributed by atoms with Gasteiger partial charge < -0.3 is 5.73 Å². The van der Waals surface area contributed by atoms with Gasteiger partial charge in [-0.2, -0.15) is 0 Å². The minimum absolute atomic E-state index is 0.479. The predicted molar refractivity (Wildman–Crippen MR) is 48.5 cm³/mol. The first kappa shape index (κ1) is 9.01. The summed E-state index contributed by atoms with van der Waals surface area (Å²) in [7, 11) is 0. The predicted octanol–water partition coefficient (Wildman–Crippen LogP) is 1.21. The number of hydrogen-bond acceptors (Lipinski definition) is 2. The Morgan fingerprint density at radius 2 is 2.00 bits per heavy atom. The maximum Gasteiger partial charge on any atom is 0.0127 e. The molecule has 0 spiro atoms. The largest absolute Gasteiger partial charge is 0.328 e. The third kappa shape index (κ3) is 1.94. The van der Waals surface area contributed by atoms with Crippen molar-refractivity contribution in [3.8, 4) is 0 Å². The summed E-state index contributed by atoms with van der Waals surface area (Å²) < 4.78 is 0. The summed E-state index contributed by atoms with van der Waals surface area (Å²) >= 11 is 0. The average Bonchev–Trinajstić information content (AvgIpc) is 1.85. The average molecular weight is 156 g/mol. The molecule has 0 aromatic rings. The Bertz CT molecular complexity index is 117. The van der Waals surface area contributed by atoms with Crippen molar-refractivity contribution in [1.82, 2.24) is 4.90 Å². The van der Waals surface area contributed by atoms with Gasteiger partial charge in [0, 0.05) is 18.1 Å². The van der Waals surface area contributed by atoms with Crippen LogP contribution in [0, 0.1) is 0 Å². The maximum atomic E-state index is 5.73. The van der Waals surface area contributed by atoms with Crippen LogP contribution in [0.4, 0.5) is 0 Å². The maximum absolute atomic E-state index is 5.73. The Morgan fingerprint density at radius 3 is 2.27 bits per heavy atom. The molecular formula is C9H20N2. The van der Waals surface area contributed by atoms with Crippen LogP contribution in [-0.2, 0) is 0 Å². The Labute approximate surface area is 69.8 Å². The fraction of sp³-hybridized carbons (Fsp3) is 1.00. The molecule has 66 valence electrons. The molecule has 0 aromatic carbocycles. The molecule has 0 amide bonds. The third-order valence-corrected chi connectivity index (χ3v) is 2.65. The minimum Gasteiger partial charge on any atom is -0.328 e. The lowest BCUT2D eigenvalue weighted by atomic mass is 9.85. The van der Waals surface area contributed by atoms with Gasteiger partial charge in [-0.25, -0.2) is 0 Å². The fourth-order valence-electron chi connectivity index (χ4n) is 1.95. The zero-order valence-electron chi connectivity index (χ0n) is 7.88. The highest BCUT2D eigenvalue weighted by Crippen LogP contribution is 2.25. The first-order valence-electron chi connectivity index (χ1n) is 4.66. The highest BCUT2D eigenvalue weighted by atomic mass is 15.2. The van der Waals surface area contributed by atoms with Crippen LogP contribution in [0.3, 0.4) is 0 Å². The Kier molecular flexibility index (Phi) is 2.90. The van der Waals surface area contributed by atoms with Crippen molar-refractivity contribution in [2.45, 2.75) is 51.7 Å². The first-order valence-corrected chi connectivity index (χ1v) is 4.66. The Morgan fingerprint density at radius 1 is 1.45 bits per heavy atom. The SMILES string of the molecule is CCN(C(C)C)C1CC(N)C1. The first-order chi connectivity index (χ1) is 5.15.